The number of nitrogens with zero attached hydrogens (tertiary/aromatic N) is 2. The van der Waals surface area contributed by atoms with Gasteiger partial charge in [-0.3, -0.25) is 0 Å². The zero-order valence-corrected chi connectivity index (χ0v) is 7.82. The smallest absolute Gasteiger partial charge is 0.250 e. The van der Waals surface area contributed by atoms with Gasteiger partial charge in [-0.25, -0.2) is 14.5 Å². The van der Waals surface area contributed by atoms with E-state index in [4.69, 9.17) is 0 Å². The monoisotopic (exact) mass is 229 g/mol. The average Bonchev–Trinajstić information content (AvgIpc) is 2.63. The Hall–Kier alpha value is -2.05. The molecular weight excluding hydrogens is 223 g/mol. The first-order valence-electron chi connectivity index (χ1n) is 4.28. The third-order valence-electron chi connectivity index (χ3n) is 2.03. The number of aromatic nitrogens is 3. The van der Waals surface area contributed by atoms with Crippen molar-refractivity contribution in [2.24, 2.45) is 0 Å². The van der Waals surface area contributed by atoms with Crippen LogP contribution in [0.2, 0.25) is 0 Å². The Kier molecular flexibility index (Phi) is 2.30. The molecule has 2 rings (SSSR count). The van der Waals surface area contributed by atoms with Gasteiger partial charge in [0.05, 0.1) is 11.3 Å². The van der Waals surface area contributed by atoms with Gasteiger partial charge in [-0.05, 0) is 24.3 Å². The third kappa shape index (κ3) is 1.83. The Balaban J connectivity index is 2.41. The van der Waals surface area contributed by atoms with Crippen molar-refractivity contribution in [2.75, 3.05) is 0 Å². The molecule has 2 aromatic rings. The number of H-pyrrole nitrogens is 1. The lowest BCUT2D eigenvalue weighted by Gasteiger charge is -2.07. The molecule has 0 spiro atoms. The highest BCUT2D eigenvalue weighted by Crippen LogP contribution is 2.29. The first-order chi connectivity index (χ1) is 7.48. The molecule has 1 aromatic heterocycles. The van der Waals surface area contributed by atoms with Crippen LogP contribution in [-0.4, -0.2) is 14.8 Å². The predicted octanol–water partition coefficient (Wildman–Crippen LogP) is 1.58. The Labute approximate surface area is 87.3 Å². The first-order valence-corrected chi connectivity index (χ1v) is 4.28. The molecule has 0 saturated heterocycles. The van der Waals surface area contributed by atoms with E-state index in [1.807, 2.05) is 0 Å². The van der Waals surface area contributed by atoms with Crippen LogP contribution >= 0.6 is 0 Å². The van der Waals surface area contributed by atoms with E-state index in [0.717, 1.165) is 16.7 Å². The lowest BCUT2D eigenvalue weighted by Crippen LogP contribution is -2.14. The number of rotatable bonds is 1. The highest BCUT2D eigenvalue weighted by atomic mass is 19.4. The predicted molar refractivity (Wildman–Crippen MR) is 49.2 cm³/mol. The number of hydrogen-bond acceptors (Lipinski definition) is 2. The topological polar surface area (TPSA) is 50.7 Å². The molecule has 0 aliphatic rings. The fourth-order valence-corrected chi connectivity index (χ4v) is 1.24. The maximum Gasteiger partial charge on any atom is 0.416 e. The largest absolute Gasteiger partial charge is 0.416 e. The van der Waals surface area contributed by atoms with E-state index >= 15 is 0 Å². The van der Waals surface area contributed by atoms with Crippen LogP contribution in [0, 0.1) is 0 Å². The van der Waals surface area contributed by atoms with Gasteiger partial charge in [0.25, 0.3) is 0 Å². The molecule has 0 unspecified atom stereocenters. The fraction of sp³-hybridized carbons (Fsp3) is 0.111. The first kappa shape index (κ1) is 10.5. The molecule has 0 amide bonds. The van der Waals surface area contributed by atoms with E-state index in [1.165, 1.54) is 18.5 Å². The molecule has 1 heterocycles. The van der Waals surface area contributed by atoms with E-state index in [2.05, 4.69) is 10.2 Å². The minimum atomic E-state index is -4.38. The Bertz CT molecular complexity index is 538. The van der Waals surface area contributed by atoms with E-state index in [-0.39, 0.29) is 0 Å². The van der Waals surface area contributed by atoms with E-state index in [0.29, 0.717) is 5.69 Å². The normalized spacial score (nSPS) is 11.7. The molecule has 0 radical (unpaired) electrons. The van der Waals surface area contributed by atoms with Crippen molar-refractivity contribution < 1.29 is 13.2 Å². The van der Waals surface area contributed by atoms with Gasteiger partial charge in [0, 0.05) is 0 Å². The lowest BCUT2D eigenvalue weighted by atomic mass is 10.2. The zero-order chi connectivity index (χ0) is 11.8. The molecule has 4 nitrogen and oxygen atoms in total. The van der Waals surface area contributed by atoms with Crippen LogP contribution in [0.25, 0.3) is 5.69 Å². The van der Waals surface area contributed by atoms with Crippen LogP contribution in [0.3, 0.4) is 0 Å². The fourth-order valence-electron chi connectivity index (χ4n) is 1.24. The number of benzene rings is 1. The van der Waals surface area contributed by atoms with Crippen molar-refractivity contribution in [1.82, 2.24) is 14.8 Å². The molecule has 1 N–H and O–H groups in total. The highest BCUT2D eigenvalue weighted by molar-refractivity contribution is 5.35. The molecule has 1 aromatic carbocycles. The number of nitrogens with one attached hydrogen (secondary N) is 1. The summed E-state index contributed by atoms with van der Waals surface area (Å²) >= 11 is 0. The molecule has 16 heavy (non-hydrogen) atoms. The average molecular weight is 229 g/mol. The summed E-state index contributed by atoms with van der Waals surface area (Å²) in [7, 11) is 0. The summed E-state index contributed by atoms with van der Waals surface area (Å²) in [4.78, 5) is 11.1. The van der Waals surface area contributed by atoms with Crippen molar-refractivity contribution >= 4 is 0 Å². The molecule has 7 heteroatoms. The maximum absolute atomic E-state index is 12.3. The minimum Gasteiger partial charge on any atom is -0.250 e. The number of aromatic amines is 1. The number of alkyl halides is 3. The molecule has 84 valence electrons. The summed E-state index contributed by atoms with van der Waals surface area (Å²) in [5.41, 5.74) is -0.931. The van der Waals surface area contributed by atoms with Gasteiger partial charge in [0.1, 0.15) is 6.33 Å². The van der Waals surface area contributed by atoms with Crippen LogP contribution in [0.15, 0.2) is 35.4 Å². The Morgan fingerprint density at radius 1 is 1.19 bits per heavy atom. The third-order valence-corrected chi connectivity index (χ3v) is 2.03. The molecule has 0 aliphatic carbocycles. The summed E-state index contributed by atoms with van der Waals surface area (Å²) in [5, 5.41) is 5.62. The van der Waals surface area contributed by atoms with Crippen LogP contribution in [0.4, 0.5) is 13.2 Å². The summed E-state index contributed by atoms with van der Waals surface area (Å²) in [6.07, 6.45) is -3.18. The van der Waals surface area contributed by atoms with E-state index in [1.54, 1.807) is 0 Å². The van der Waals surface area contributed by atoms with E-state index < -0.39 is 17.4 Å². The molecule has 0 bridgehead atoms. The molecule has 0 fully saturated rings. The van der Waals surface area contributed by atoms with Crippen LogP contribution < -0.4 is 5.69 Å². The summed E-state index contributed by atoms with van der Waals surface area (Å²) in [6, 6.07) is 4.24. The van der Waals surface area contributed by atoms with Crippen LogP contribution in [-0.2, 0) is 6.18 Å². The van der Waals surface area contributed by atoms with Crippen molar-refractivity contribution in [3.63, 3.8) is 0 Å². The number of hydrogen-bond donors (Lipinski definition) is 1. The second kappa shape index (κ2) is 3.51. The standard InChI is InChI=1S/C9H6F3N3O/c10-9(11,12)6-1-3-7(4-2-6)15-5-13-14-8(15)16/h1-5H,(H,14,16). The number of halogens is 3. The second-order valence-electron chi connectivity index (χ2n) is 3.08. The lowest BCUT2D eigenvalue weighted by molar-refractivity contribution is -0.137. The van der Waals surface area contributed by atoms with Gasteiger partial charge in [-0.15, -0.1) is 0 Å². The Morgan fingerprint density at radius 2 is 1.81 bits per heavy atom. The van der Waals surface area contributed by atoms with Crippen LogP contribution in [0.1, 0.15) is 5.56 Å². The molecule has 0 atom stereocenters. The molecule has 0 aliphatic heterocycles. The minimum absolute atomic E-state index is 0.326. The van der Waals surface area contributed by atoms with Gasteiger partial charge < -0.3 is 0 Å². The van der Waals surface area contributed by atoms with Gasteiger partial charge in [0.15, 0.2) is 0 Å². The molecular formula is C9H6F3N3O. The zero-order valence-electron chi connectivity index (χ0n) is 7.82. The van der Waals surface area contributed by atoms with Gasteiger partial charge in [0.2, 0.25) is 0 Å². The van der Waals surface area contributed by atoms with Crippen LogP contribution in [0.5, 0.6) is 0 Å². The van der Waals surface area contributed by atoms with Crippen molar-refractivity contribution in [3.8, 4) is 5.69 Å². The van der Waals surface area contributed by atoms with Crippen molar-refractivity contribution in [3.05, 3.63) is 46.6 Å². The quantitative estimate of drug-likeness (QED) is 0.807. The summed E-state index contributed by atoms with van der Waals surface area (Å²) < 4.78 is 37.9. The van der Waals surface area contributed by atoms with Crippen molar-refractivity contribution in [1.29, 1.82) is 0 Å². The second-order valence-corrected chi connectivity index (χ2v) is 3.08. The maximum atomic E-state index is 12.3. The Morgan fingerprint density at radius 3 is 2.25 bits per heavy atom. The highest BCUT2D eigenvalue weighted by Gasteiger charge is 2.29. The molecule has 0 saturated carbocycles. The summed E-state index contributed by atoms with van der Waals surface area (Å²) in [5.74, 6) is 0. The van der Waals surface area contributed by atoms with Gasteiger partial charge in [-0.1, -0.05) is 0 Å². The SMILES string of the molecule is O=c1[nH]ncn1-c1ccc(C(F)(F)F)cc1. The van der Waals surface area contributed by atoms with Gasteiger partial charge in [-0.2, -0.15) is 18.3 Å². The summed E-state index contributed by atoms with van der Waals surface area (Å²) in [6.45, 7) is 0. The van der Waals surface area contributed by atoms with Crippen molar-refractivity contribution in [2.45, 2.75) is 6.18 Å². The van der Waals surface area contributed by atoms with Gasteiger partial charge >= 0.3 is 11.9 Å². The van der Waals surface area contributed by atoms with E-state index in [9.17, 15) is 18.0 Å².